The summed E-state index contributed by atoms with van der Waals surface area (Å²) in [6.45, 7) is 4.21. The van der Waals surface area contributed by atoms with Crippen LogP contribution in [-0.2, 0) is 0 Å². The maximum atomic E-state index is 10.8. The maximum absolute atomic E-state index is 10.8. The molecule has 4 nitrogen and oxygen atoms in total. The molecule has 0 fully saturated rings. The molecule has 56 heavy (non-hydrogen) atoms. The highest BCUT2D eigenvalue weighted by molar-refractivity contribution is 6.13. The fraction of sp³-hybridized carbons (Fsp3) is 0.0385. The molecular formula is C52H34N4. The van der Waals surface area contributed by atoms with Crippen molar-refractivity contribution < 1.29 is 0 Å². The normalized spacial score (nSPS) is 11.4. The molecule has 262 valence electrons. The number of nitrogens with zero attached hydrogens (tertiary/aromatic N) is 4. The summed E-state index contributed by atoms with van der Waals surface area (Å²) in [5.74, 6) is 0. The van der Waals surface area contributed by atoms with Gasteiger partial charge >= 0.3 is 0 Å². The van der Waals surface area contributed by atoms with E-state index in [2.05, 4.69) is 175 Å². The van der Waals surface area contributed by atoms with Gasteiger partial charge in [-0.3, -0.25) is 0 Å². The van der Waals surface area contributed by atoms with Crippen molar-refractivity contribution in [2.45, 2.75) is 13.8 Å². The minimum atomic E-state index is 0.538. The van der Waals surface area contributed by atoms with Crippen molar-refractivity contribution in [3.63, 3.8) is 0 Å². The molecule has 0 bridgehead atoms. The molecule has 0 amide bonds. The Hall–Kier alpha value is -7.66. The van der Waals surface area contributed by atoms with Crippen LogP contribution in [0.25, 0.3) is 88.4 Å². The lowest BCUT2D eigenvalue weighted by molar-refractivity contribution is 1.13. The highest BCUT2D eigenvalue weighted by atomic mass is 15.0. The Morgan fingerprint density at radius 3 is 1.29 bits per heavy atom. The largest absolute Gasteiger partial charge is 0.308 e. The minimum Gasteiger partial charge on any atom is -0.308 e. The molecule has 0 spiro atoms. The van der Waals surface area contributed by atoms with Crippen molar-refractivity contribution in [2.24, 2.45) is 0 Å². The molecule has 2 heterocycles. The van der Waals surface area contributed by atoms with Crippen LogP contribution in [-0.4, -0.2) is 9.13 Å². The number of hydrogen-bond donors (Lipinski definition) is 0. The third kappa shape index (κ3) is 5.28. The molecule has 0 saturated heterocycles. The summed E-state index contributed by atoms with van der Waals surface area (Å²) in [4.78, 5) is 0. The predicted octanol–water partition coefficient (Wildman–Crippen LogP) is 13.2. The van der Waals surface area contributed by atoms with Gasteiger partial charge in [-0.2, -0.15) is 10.5 Å². The van der Waals surface area contributed by atoms with Crippen LogP contribution in [0.1, 0.15) is 22.3 Å². The fourth-order valence-electron chi connectivity index (χ4n) is 8.38. The molecule has 0 atom stereocenters. The number of nitriles is 2. The van der Waals surface area contributed by atoms with Crippen molar-refractivity contribution in [1.82, 2.24) is 9.13 Å². The second-order valence-corrected chi connectivity index (χ2v) is 14.6. The Labute approximate surface area is 325 Å². The van der Waals surface area contributed by atoms with Gasteiger partial charge in [0.15, 0.2) is 0 Å². The average molecular weight is 715 g/mol. The molecule has 0 aliphatic carbocycles. The second kappa shape index (κ2) is 13.0. The van der Waals surface area contributed by atoms with Crippen LogP contribution in [0.15, 0.2) is 170 Å². The van der Waals surface area contributed by atoms with Crippen LogP contribution in [0.5, 0.6) is 0 Å². The van der Waals surface area contributed by atoms with Crippen molar-refractivity contribution in [3.8, 4) is 56.9 Å². The lowest BCUT2D eigenvalue weighted by atomic mass is 9.96. The highest BCUT2D eigenvalue weighted by Crippen LogP contribution is 2.44. The Bertz CT molecular complexity index is 3090. The first kappa shape index (κ1) is 32.9. The van der Waals surface area contributed by atoms with Crippen LogP contribution >= 0.6 is 0 Å². The van der Waals surface area contributed by atoms with Gasteiger partial charge in [-0.1, -0.05) is 132 Å². The monoisotopic (exact) mass is 714 g/mol. The van der Waals surface area contributed by atoms with E-state index in [0.29, 0.717) is 11.1 Å². The number of benzene rings is 8. The molecule has 0 radical (unpaired) electrons. The predicted molar refractivity (Wildman–Crippen MR) is 230 cm³/mol. The Morgan fingerprint density at radius 1 is 0.357 bits per heavy atom. The minimum absolute atomic E-state index is 0.538. The maximum Gasteiger partial charge on any atom is 0.0993 e. The van der Waals surface area contributed by atoms with Crippen molar-refractivity contribution in [3.05, 3.63) is 192 Å². The van der Waals surface area contributed by atoms with E-state index in [-0.39, 0.29) is 0 Å². The highest BCUT2D eigenvalue weighted by Gasteiger charge is 2.24. The van der Waals surface area contributed by atoms with Crippen molar-refractivity contribution >= 4 is 43.6 Å². The van der Waals surface area contributed by atoms with Gasteiger partial charge in [0, 0.05) is 27.1 Å². The first-order valence-electron chi connectivity index (χ1n) is 18.8. The molecule has 8 aromatic carbocycles. The standard InChI is InChI=1S/C52H34N4/c1-33-14-18-37(19-15-33)39-22-24-44-42-10-3-5-12-46(42)55(48(44)29-39)50-27-36(32-54)28-51(52(50)41-9-7-8-35(26-41)31-53)56-47-13-6-4-11-43(47)45-25-23-40(30-49(45)56)38-20-16-34(2)17-21-38/h3-30H,1-2H3. The van der Waals surface area contributed by atoms with Gasteiger partial charge < -0.3 is 9.13 Å². The summed E-state index contributed by atoms with van der Waals surface area (Å²) < 4.78 is 4.62. The summed E-state index contributed by atoms with van der Waals surface area (Å²) in [6, 6.07) is 64.3. The summed E-state index contributed by atoms with van der Waals surface area (Å²) >= 11 is 0. The van der Waals surface area contributed by atoms with Gasteiger partial charge in [0.05, 0.1) is 56.7 Å². The lowest BCUT2D eigenvalue weighted by Gasteiger charge is -2.21. The van der Waals surface area contributed by atoms with Crippen LogP contribution in [0.4, 0.5) is 0 Å². The fourth-order valence-corrected chi connectivity index (χ4v) is 8.38. The number of hydrogen-bond acceptors (Lipinski definition) is 2. The quantitative estimate of drug-likeness (QED) is 0.178. The molecule has 0 unspecified atom stereocenters. The van der Waals surface area contributed by atoms with E-state index in [0.717, 1.165) is 88.4 Å². The van der Waals surface area contributed by atoms with Crippen LogP contribution in [0, 0.1) is 36.5 Å². The zero-order valence-corrected chi connectivity index (χ0v) is 31.0. The van der Waals surface area contributed by atoms with Gasteiger partial charge in [0.2, 0.25) is 0 Å². The summed E-state index contributed by atoms with van der Waals surface area (Å²) in [5.41, 5.74) is 15.7. The van der Waals surface area contributed by atoms with Gasteiger partial charge in [0.1, 0.15) is 0 Å². The summed E-state index contributed by atoms with van der Waals surface area (Å²) in [7, 11) is 0. The van der Waals surface area contributed by atoms with E-state index in [9.17, 15) is 10.5 Å². The van der Waals surface area contributed by atoms with Crippen molar-refractivity contribution in [2.75, 3.05) is 0 Å². The number of para-hydroxylation sites is 2. The van der Waals surface area contributed by atoms with Gasteiger partial charge in [-0.05, 0) is 90.2 Å². The smallest absolute Gasteiger partial charge is 0.0993 e. The number of aryl methyl sites for hydroxylation is 2. The molecule has 0 saturated carbocycles. The average Bonchev–Trinajstić information content (AvgIpc) is 3.75. The zero-order chi connectivity index (χ0) is 37.9. The van der Waals surface area contributed by atoms with Gasteiger partial charge in [-0.15, -0.1) is 0 Å². The first-order chi connectivity index (χ1) is 27.5. The zero-order valence-electron chi connectivity index (χ0n) is 31.0. The summed E-state index contributed by atoms with van der Waals surface area (Å²) in [6.07, 6.45) is 0. The molecule has 10 aromatic rings. The third-order valence-electron chi connectivity index (χ3n) is 11.1. The van der Waals surface area contributed by atoms with E-state index >= 15 is 0 Å². The third-order valence-corrected chi connectivity index (χ3v) is 11.1. The van der Waals surface area contributed by atoms with Gasteiger partial charge in [0.25, 0.3) is 0 Å². The van der Waals surface area contributed by atoms with E-state index in [1.807, 2.05) is 30.3 Å². The second-order valence-electron chi connectivity index (χ2n) is 14.6. The van der Waals surface area contributed by atoms with Crippen LogP contribution in [0.2, 0.25) is 0 Å². The van der Waals surface area contributed by atoms with E-state index in [1.54, 1.807) is 0 Å². The molecule has 0 aliphatic heterocycles. The number of aromatic nitrogens is 2. The molecule has 0 N–H and O–H groups in total. The Kier molecular flexibility index (Phi) is 7.66. The Morgan fingerprint density at radius 2 is 0.804 bits per heavy atom. The first-order valence-corrected chi connectivity index (χ1v) is 18.8. The number of fused-ring (bicyclic) bond motifs is 6. The molecule has 4 heteroatoms. The van der Waals surface area contributed by atoms with Crippen LogP contribution < -0.4 is 0 Å². The van der Waals surface area contributed by atoms with Gasteiger partial charge in [-0.25, -0.2) is 0 Å². The van der Waals surface area contributed by atoms with Crippen LogP contribution in [0.3, 0.4) is 0 Å². The lowest BCUT2D eigenvalue weighted by Crippen LogP contribution is -2.05. The molecular weight excluding hydrogens is 681 g/mol. The number of rotatable bonds is 5. The molecule has 0 aliphatic rings. The van der Waals surface area contributed by atoms with E-state index < -0.39 is 0 Å². The van der Waals surface area contributed by atoms with E-state index in [1.165, 1.54) is 11.1 Å². The van der Waals surface area contributed by atoms with Crippen molar-refractivity contribution in [1.29, 1.82) is 10.5 Å². The Balaban J connectivity index is 1.36. The SMILES string of the molecule is Cc1ccc(-c2ccc3c4ccccc4n(-c4cc(C#N)cc(-n5c6ccccc6c6ccc(-c7ccc(C)cc7)cc65)c4-c4cccc(C#N)c4)c3c2)cc1. The summed E-state index contributed by atoms with van der Waals surface area (Å²) in [5, 5.41) is 25.5. The molecule has 2 aromatic heterocycles. The topological polar surface area (TPSA) is 57.4 Å². The van der Waals surface area contributed by atoms with E-state index in [4.69, 9.17) is 0 Å². The molecule has 10 rings (SSSR count).